The molecule has 136 valence electrons. The van der Waals surface area contributed by atoms with Gasteiger partial charge in [-0.15, -0.1) is 0 Å². The number of H-pyrrole nitrogens is 1. The van der Waals surface area contributed by atoms with E-state index in [1.54, 1.807) is 31.3 Å². The average Bonchev–Trinajstić information content (AvgIpc) is 3.22. The topological polar surface area (TPSA) is 88.5 Å². The molecule has 2 N–H and O–H groups in total. The molecule has 3 aromatic rings. The number of aryl methyl sites for hydroxylation is 2. The number of alkyl halides is 3. The van der Waals surface area contributed by atoms with E-state index in [-0.39, 0.29) is 17.7 Å². The molecule has 0 fully saturated rings. The van der Waals surface area contributed by atoms with Crippen LogP contribution in [-0.2, 0) is 13.5 Å². The van der Waals surface area contributed by atoms with E-state index in [9.17, 15) is 18.0 Å². The molecule has 0 saturated heterocycles. The molecule has 2 aromatic heterocycles. The van der Waals surface area contributed by atoms with Crippen molar-refractivity contribution in [1.29, 1.82) is 0 Å². The zero-order valence-corrected chi connectivity index (χ0v) is 13.7. The number of hydrogen-bond acceptors (Lipinski definition) is 4. The van der Waals surface area contributed by atoms with E-state index < -0.39 is 18.5 Å². The summed E-state index contributed by atoms with van der Waals surface area (Å²) in [4.78, 5) is 16.5. The monoisotopic (exact) mass is 364 g/mol. The van der Waals surface area contributed by atoms with E-state index in [0.717, 1.165) is 0 Å². The summed E-state index contributed by atoms with van der Waals surface area (Å²) in [7, 11) is 1.55. The zero-order valence-electron chi connectivity index (χ0n) is 13.7. The summed E-state index contributed by atoms with van der Waals surface area (Å²) in [6, 6.07) is 6.87. The van der Waals surface area contributed by atoms with Gasteiger partial charge in [-0.1, -0.05) is 12.1 Å². The fraction of sp³-hybridized carbons (Fsp3) is 0.250. The van der Waals surface area contributed by atoms with Gasteiger partial charge in [0, 0.05) is 37.3 Å². The van der Waals surface area contributed by atoms with Crippen LogP contribution >= 0.6 is 0 Å². The van der Waals surface area contributed by atoms with Gasteiger partial charge in [0.05, 0.1) is 11.3 Å². The predicted octanol–water partition coefficient (Wildman–Crippen LogP) is 2.95. The quantitative estimate of drug-likeness (QED) is 0.729. The molecule has 1 aromatic carbocycles. The van der Waals surface area contributed by atoms with Gasteiger partial charge in [-0.2, -0.15) is 23.4 Å². The molecule has 1 amide bonds. The van der Waals surface area contributed by atoms with Crippen LogP contribution in [0.1, 0.15) is 22.5 Å². The van der Waals surface area contributed by atoms with E-state index in [1.807, 2.05) is 0 Å². The Bertz CT molecular complexity index is 901. The molecule has 0 saturated carbocycles. The van der Waals surface area contributed by atoms with Crippen LogP contribution in [-0.4, -0.2) is 37.0 Å². The van der Waals surface area contributed by atoms with Crippen molar-refractivity contribution in [3.8, 4) is 11.4 Å². The standard InChI is InChI=1S/C16H15F3N6O/c1-25-8-12(13(24-25)5-6-16(17,18)19)15(26)22-11-4-2-3-10(7-11)14-20-9-21-23-14/h2-4,7-9H,5-6H2,1H3,(H,22,26)(H,20,21,23). The Morgan fingerprint density at radius 1 is 1.35 bits per heavy atom. The lowest BCUT2D eigenvalue weighted by molar-refractivity contribution is -0.134. The van der Waals surface area contributed by atoms with Gasteiger partial charge in [0.2, 0.25) is 0 Å². The number of benzene rings is 1. The molecule has 0 unspecified atom stereocenters. The van der Waals surface area contributed by atoms with Crippen molar-refractivity contribution in [2.24, 2.45) is 7.05 Å². The predicted molar refractivity (Wildman–Crippen MR) is 87.4 cm³/mol. The average molecular weight is 364 g/mol. The second-order valence-electron chi connectivity index (χ2n) is 5.65. The number of hydrogen-bond donors (Lipinski definition) is 2. The van der Waals surface area contributed by atoms with Crippen LogP contribution in [0, 0.1) is 0 Å². The highest BCUT2D eigenvalue weighted by Crippen LogP contribution is 2.24. The second-order valence-corrected chi connectivity index (χ2v) is 5.65. The smallest absolute Gasteiger partial charge is 0.322 e. The summed E-state index contributed by atoms with van der Waals surface area (Å²) in [6.45, 7) is 0. The van der Waals surface area contributed by atoms with Crippen LogP contribution in [0.5, 0.6) is 0 Å². The third kappa shape index (κ3) is 4.26. The number of halogens is 3. The number of aromatic amines is 1. The van der Waals surface area contributed by atoms with E-state index in [4.69, 9.17) is 0 Å². The second kappa shape index (κ2) is 6.98. The van der Waals surface area contributed by atoms with Crippen LogP contribution in [0.3, 0.4) is 0 Å². The summed E-state index contributed by atoms with van der Waals surface area (Å²) in [5.41, 5.74) is 1.41. The molecule has 2 heterocycles. The van der Waals surface area contributed by atoms with Crippen LogP contribution in [0.15, 0.2) is 36.8 Å². The Morgan fingerprint density at radius 3 is 2.85 bits per heavy atom. The van der Waals surface area contributed by atoms with Crippen LogP contribution in [0.25, 0.3) is 11.4 Å². The van der Waals surface area contributed by atoms with E-state index >= 15 is 0 Å². The van der Waals surface area contributed by atoms with Crippen molar-refractivity contribution in [3.63, 3.8) is 0 Å². The van der Waals surface area contributed by atoms with Crippen molar-refractivity contribution in [3.05, 3.63) is 48.0 Å². The lowest BCUT2D eigenvalue weighted by atomic mass is 10.1. The summed E-state index contributed by atoms with van der Waals surface area (Å²) in [6.07, 6.45) is -2.93. The Morgan fingerprint density at radius 2 is 2.15 bits per heavy atom. The largest absolute Gasteiger partial charge is 0.389 e. The molecule has 0 radical (unpaired) electrons. The van der Waals surface area contributed by atoms with Gasteiger partial charge in [0.15, 0.2) is 5.82 Å². The number of carbonyl (C=O) groups excluding carboxylic acids is 1. The van der Waals surface area contributed by atoms with E-state index in [0.29, 0.717) is 17.1 Å². The van der Waals surface area contributed by atoms with E-state index in [1.165, 1.54) is 17.2 Å². The van der Waals surface area contributed by atoms with Crippen LogP contribution < -0.4 is 5.32 Å². The van der Waals surface area contributed by atoms with Crippen molar-refractivity contribution >= 4 is 11.6 Å². The van der Waals surface area contributed by atoms with Gasteiger partial charge in [0.1, 0.15) is 6.33 Å². The number of amides is 1. The minimum Gasteiger partial charge on any atom is -0.322 e. The molecular formula is C16H15F3N6O. The van der Waals surface area contributed by atoms with Crippen LogP contribution in [0.2, 0.25) is 0 Å². The van der Waals surface area contributed by atoms with Gasteiger partial charge in [-0.3, -0.25) is 14.6 Å². The molecular weight excluding hydrogens is 349 g/mol. The molecule has 0 spiro atoms. The third-order valence-corrected chi connectivity index (χ3v) is 3.60. The first-order valence-electron chi connectivity index (χ1n) is 7.68. The normalized spacial score (nSPS) is 11.5. The molecule has 0 aliphatic carbocycles. The summed E-state index contributed by atoms with van der Waals surface area (Å²) in [5, 5.41) is 13.1. The summed E-state index contributed by atoms with van der Waals surface area (Å²) < 4.78 is 38.7. The highest BCUT2D eigenvalue weighted by atomic mass is 19.4. The lowest BCUT2D eigenvalue weighted by Crippen LogP contribution is -2.15. The van der Waals surface area contributed by atoms with E-state index in [2.05, 4.69) is 25.6 Å². The molecule has 0 bridgehead atoms. The fourth-order valence-corrected chi connectivity index (χ4v) is 2.46. The fourth-order valence-electron chi connectivity index (χ4n) is 2.46. The number of nitrogens with one attached hydrogen (secondary N) is 2. The summed E-state index contributed by atoms with van der Waals surface area (Å²) in [5.74, 6) is 0.0123. The van der Waals surface area contributed by atoms with Crippen molar-refractivity contribution in [1.82, 2.24) is 25.0 Å². The third-order valence-electron chi connectivity index (χ3n) is 3.60. The minimum absolute atomic E-state index is 0.105. The summed E-state index contributed by atoms with van der Waals surface area (Å²) >= 11 is 0. The van der Waals surface area contributed by atoms with Crippen LogP contribution in [0.4, 0.5) is 18.9 Å². The SMILES string of the molecule is Cn1cc(C(=O)Nc2cccc(-c3ncn[nH]3)c2)c(CCC(F)(F)F)n1. The molecule has 0 atom stereocenters. The first-order valence-corrected chi connectivity index (χ1v) is 7.68. The number of anilines is 1. The maximum atomic E-state index is 12.5. The van der Waals surface area contributed by atoms with Gasteiger partial charge >= 0.3 is 6.18 Å². The van der Waals surface area contributed by atoms with Crippen molar-refractivity contribution in [2.75, 3.05) is 5.32 Å². The first kappa shape index (κ1) is 17.6. The number of rotatable bonds is 5. The van der Waals surface area contributed by atoms with Crippen molar-refractivity contribution in [2.45, 2.75) is 19.0 Å². The highest BCUT2D eigenvalue weighted by molar-refractivity contribution is 6.05. The molecule has 10 heteroatoms. The number of aromatic nitrogens is 5. The maximum Gasteiger partial charge on any atom is 0.389 e. The lowest BCUT2D eigenvalue weighted by Gasteiger charge is -2.08. The zero-order chi connectivity index (χ0) is 18.7. The van der Waals surface area contributed by atoms with Gasteiger partial charge in [-0.05, 0) is 12.1 Å². The Hall–Kier alpha value is -3.17. The van der Waals surface area contributed by atoms with Gasteiger partial charge < -0.3 is 5.32 Å². The molecule has 0 aliphatic heterocycles. The Labute approximate surface area is 146 Å². The van der Waals surface area contributed by atoms with Crippen molar-refractivity contribution < 1.29 is 18.0 Å². The molecule has 7 nitrogen and oxygen atoms in total. The highest BCUT2D eigenvalue weighted by Gasteiger charge is 2.28. The minimum atomic E-state index is -4.31. The molecule has 0 aliphatic rings. The van der Waals surface area contributed by atoms with Gasteiger partial charge in [-0.25, -0.2) is 4.98 Å². The van der Waals surface area contributed by atoms with Gasteiger partial charge in [0.25, 0.3) is 5.91 Å². The molecule has 3 rings (SSSR count). The Kier molecular flexibility index (Phi) is 4.74. The molecule has 26 heavy (non-hydrogen) atoms. The number of nitrogens with zero attached hydrogens (tertiary/aromatic N) is 4. The Balaban J connectivity index is 1.77. The first-order chi connectivity index (χ1) is 12.3. The number of carbonyl (C=O) groups is 1. The maximum absolute atomic E-state index is 12.5.